The van der Waals surface area contributed by atoms with Crippen molar-refractivity contribution in [2.45, 2.75) is 16.5 Å². The zero-order valence-corrected chi connectivity index (χ0v) is 16.5. The van der Waals surface area contributed by atoms with Gasteiger partial charge in [-0.1, -0.05) is 29.2 Å². The van der Waals surface area contributed by atoms with Gasteiger partial charge in [-0.25, -0.2) is 0 Å². The zero-order valence-electron chi connectivity index (χ0n) is 14.0. The van der Waals surface area contributed by atoms with Gasteiger partial charge in [0.1, 0.15) is 11.5 Å². The lowest BCUT2D eigenvalue weighted by Gasteiger charge is -2.09. The van der Waals surface area contributed by atoms with Crippen LogP contribution in [0.15, 0.2) is 40.1 Å². The molecule has 8 heteroatoms. The van der Waals surface area contributed by atoms with E-state index >= 15 is 0 Å². The molecular weight excluding hydrogens is 374 g/mol. The zero-order chi connectivity index (χ0) is 17.5. The smallest absolute Gasteiger partial charge is 0.206 e. The van der Waals surface area contributed by atoms with Gasteiger partial charge < -0.3 is 14.8 Å². The molecule has 5 nitrogen and oxygen atoms in total. The summed E-state index contributed by atoms with van der Waals surface area (Å²) in [6.07, 6.45) is 1.00. The standard InChI is InChI=1S/C17H19N3O2S3/c1-21-13-5-6-15(22-2)12(10-13)11-24-17-20-19-16(25-17)18-8-7-14-4-3-9-23-14/h3-6,9-10H,7-8,11H2,1-2H3,(H,18,19). The average molecular weight is 394 g/mol. The summed E-state index contributed by atoms with van der Waals surface area (Å²) in [6.45, 7) is 0.865. The van der Waals surface area contributed by atoms with Crippen molar-refractivity contribution in [2.24, 2.45) is 0 Å². The molecule has 2 heterocycles. The van der Waals surface area contributed by atoms with Crippen molar-refractivity contribution in [1.82, 2.24) is 10.2 Å². The fraction of sp³-hybridized carbons (Fsp3) is 0.294. The van der Waals surface area contributed by atoms with Gasteiger partial charge in [-0.2, -0.15) is 0 Å². The highest BCUT2D eigenvalue weighted by molar-refractivity contribution is 8.00. The third-order valence-electron chi connectivity index (χ3n) is 3.47. The highest BCUT2D eigenvalue weighted by Gasteiger charge is 2.09. The molecule has 0 radical (unpaired) electrons. The van der Waals surface area contributed by atoms with Gasteiger partial charge in [-0.15, -0.1) is 21.5 Å². The minimum Gasteiger partial charge on any atom is -0.497 e. The highest BCUT2D eigenvalue weighted by Crippen LogP contribution is 2.33. The van der Waals surface area contributed by atoms with Crippen molar-refractivity contribution < 1.29 is 9.47 Å². The molecule has 1 N–H and O–H groups in total. The van der Waals surface area contributed by atoms with Crippen LogP contribution in [-0.4, -0.2) is 31.0 Å². The van der Waals surface area contributed by atoms with Crippen LogP contribution in [0.3, 0.4) is 0 Å². The summed E-state index contributed by atoms with van der Waals surface area (Å²) in [4.78, 5) is 1.37. The van der Waals surface area contributed by atoms with E-state index in [-0.39, 0.29) is 0 Å². The predicted octanol–water partition coefficient (Wildman–Crippen LogP) is 4.56. The van der Waals surface area contributed by atoms with Gasteiger partial charge in [0, 0.05) is 22.7 Å². The topological polar surface area (TPSA) is 56.3 Å². The number of aromatic nitrogens is 2. The number of anilines is 1. The first-order valence-corrected chi connectivity index (χ1v) is 10.4. The third kappa shape index (κ3) is 5.10. The SMILES string of the molecule is COc1ccc(OC)c(CSc2nnc(NCCc3cccs3)s2)c1. The van der Waals surface area contributed by atoms with Gasteiger partial charge in [0.05, 0.1) is 14.2 Å². The van der Waals surface area contributed by atoms with Gasteiger partial charge in [0.15, 0.2) is 4.34 Å². The Morgan fingerprint density at radius 2 is 2.08 bits per heavy atom. The number of thiophene rings is 1. The number of hydrogen-bond acceptors (Lipinski definition) is 8. The minimum atomic E-state index is 0.754. The second-order valence-electron chi connectivity index (χ2n) is 5.10. The van der Waals surface area contributed by atoms with Crippen molar-refractivity contribution in [1.29, 1.82) is 0 Å². The van der Waals surface area contributed by atoms with Gasteiger partial charge in [-0.3, -0.25) is 0 Å². The molecule has 0 aliphatic carbocycles. The summed E-state index contributed by atoms with van der Waals surface area (Å²) in [6, 6.07) is 10.0. The van der Waals surface area contributed by atoms with Crippen molar-refractivity contribution >= 4 is 39.6 Å². The van der Waals surface area contributed by atoms with Crippen molar-refractivity contribution in [3.05, 3.63) is 46.2 Å². The monoisotopic (exact) mass is 393 g/mol. The van der Waals surface area contributed by atoms with E-state index in [9.17, 15) is 0 Å². The number of rotatable bonds is 9. The lowest BCUT2D eigenvalue weighted by Crippen LogP contribution is -2.03. The highest BCUT2D eigenvalue weighted by atomic mass is 32.2. The number of nitrogens with zero attached hydrogens (tertiary/aromatic N) is 2. The number of thioether (sulfide) groups is 1. The van der Waals surface area contributed by atoms with Crippen LogP contribution in [0.2, 0.25) is 0 Å². The van der Waals surface area contributed by atoms with Crippen LogP contribution < -0.4 is 14.8 Å². The van der Waals surface area contributed by atoms with Crippen LogP contribution in [0.1, 0.15) is 10.4 Å². The first kappa shape index (κ1) is 18.0. The maximum absolute atomic E-state index is 5.41. The van der Waals surface area contributed by atoms with E-state index in [1.54, 1.807) is 48.7 Å². The maximum Gasteiger partial charge on any atom is 0.206 e. The molecule has 132 valence electrons. The number of benzene rings is 1. The van der Waals surface area contributed by atoms with Gasteiger partial charge >= 0.3 is 0 Å². The van der Waals surface area contributed by atoms with E-state index in [1.165, 1.54) is 4.88 Å². The predicted molar refractivity (Wildman–Crippen MR) is 106 cm³/mol. The lowest BCUT2D eigenvalue weighted by molar-refractivity contribution is 0.400. The molecule has 0 bridgehead atoms. The summed E-state index contributed by atoms with van der Waals surface area (Å²) in [5.74, 6) is 2.43. The van der Waals surface area contributed by atoms with Crippen molar-refractivity contribution in [3.63, 3.8) is 0 Å². The Labute approximate surface area is 159 Å². The average Bonchev–Trinajstić information content (AvgIpc) is 3.32. The van der Waals surface area contributed by atoms with E-state index in [4.69, 9.17) is 9.47 Å². The molecular formula is C17H19N3O2S3. The minimum absolute atomic E-state index is 0.754. The molecule has 0 unspecified atom stereocenters. The first-order chi connectivity index (χ1) is 12.3. The van der Waals surface area contributed by atoms with Crippen LogP contribution in [0.5, 0.6) is 11.5 Å². The van der Waals surface area contributed by atoms with Gasteiger partial charge in [0.25, 0.3) is 0 Å². The summed E-state index contributed by atoms with van der Waals surface area (Å²) >= 11 is 5.00. The Morgan fingerprint density at radius 3 is 2.84 bits per heavy atom. The Balaban J connectivity index is 1.53. The van der Waals surface area contributed by atoms with Crippen LogP contribution in [0.4, 0.5) is 5.13 Å². The normalized spacial score (nSPS) is 10.6. The van der Waals surface area contributed by atoms with E-state index in [2.05, 4.69) is 33.0 Å². The molecule has 0 amide bonds. The molecule has 0 atom stereocenters. The quantitative estimate of drug-likeness (QED) is 0.538. The fourth-order valence-corrected chi connectivity index (χ4v) is 4.69. The van der Waals surface area contributed by atoms with E-state index in [0.29, 0.717) is 0 Å². The molecule has 2 aromatic heterocycles. The summed E-state index contributed by atoms with van der Waals surface area (Å²) in [5.41, 5.74) is 1.08. The van der Waals surface area contributed by atoms with Gasteiger partial charge in [0.2, 0.25) is 5.13 Å². The van der Waals surface area contributed by atoms with Crippen molar-refractivity contribution in [3.8, 4) is 11.5 Å². The van der Waals surface area contributed by atoms with Crippen LogP contribution in [-0.2, 0) is 12.2 Å². The largest absolute Gasteiger partial charge is 0.497 e. The molecule has 0 aliphatic rings. The number of nitrogens with one attached hydrogen (secondary N) is 1. The van der Waals surface area contributed by atoms with E-state index < -0.39 is 0 Å². The molecule has 25 heavy (non-hydrogen) atoms. The molecule has 0 saturated carbocycles. The van der Waals surface area contributed by atoms with Crippen LogP contribution >= 0.6 is 34.4 Å². The van der Waals surface area contributed by atoms with Crippen molar-refractivity contribution in [2.75, 3.05) is 26.1 Å². The molecule has 3 aromatic rings. The third-order valence-corrected chi connectivity index (χ3v) is 6.47. The molecule has 0 saturated heterocycles. The number of methoxy groups -OCH3 is 2. The molecule has 3 rings (SSSR count). The Kier molecular flexibility index (Phi) is 6.55. The van der Waals surface area contributed by atoms with E-state index in [1.807, 2.05) is 18.2 Å². The summed E-state index contributed by atoms with van der Waals surface area (Å²) < 4.78 is 11.6. The number of ether oxygens (including phenoxy) is 2. The molecule has 1 aromatic carbocycles. The van der Waals surface area contributed by atoms with Gasteiger partial charge in [-0.05, 0) is 36.1 Å². The molecule has 0 fully saturated rings. The Morgan fingerprint density at radius 1 is 1.16 bits per heavy atom. The van der Waals surface area contributed by atoms with E-state index in [0.717, 1.165) is 45.3 Å². The second kappa shape index (κ2) is 9.07. The maximum atomic E-state index is 5.41. The fourth-order valence-electron chi connectivity index (χ4n) is 2.22. The Hall–Kier alpha value is -1.77. The second-order valence-corrected chi connectivity index (χ2v) is 8.33. The first-order valence-electron chi connectivity index (χ1n) is 7.72. The molecule has 0 spiro atoms. The lowest BCUT2D eigenvalue weighted by atomic mass is 10.2. The Bertz CT molecular complexity index is 790. The van der Waals surface area contributed by atoms with Crippen LogP contribution in [0.25, 0.3) is 0 Å². The molecule has 0 aliphatic heterocycles. The summed E-state index contributed by atoms with van der Waals surface area (Å²) in [7, 11) is 3.34. The number of hydrogen-bond donors (Lipinski definition) is 1. The summed E-state index contributed by atoms with van der Waals surface area (Å²) in [5, 5.41) is 14.7. The van der Waals surface area contributed by atoms with Crippen LogP contribution in [0, 0.1) is 0 Å².